The lowest BCUT2D eigenvalue weighted by Gasteiger charge is -2.23. The van der Waals surface area contributed by atoms with Crippen molar-refractivity contribution in [3.63, 3.8) is 0 Å². The van der Waals surface area contributed by atoms with Gasteiger partial charge in [-0.15, -0.1) is 0 Å². The zero-order valence-corrected chi connectivity index (χ0v) is 12.7. The summed E-state index contributed by atoms with van der Waals surface area (Å²) in [6, 6.07) is 21.1. The van der Waals surface area contributed by atoms with E-state index >= 15 is 0 Å². The molecule has 0 spiro atoms. The van der Waals surface area contributed by atoms with E-state index in [0.29, 0.717) is 11.2 Å². The van der Waals surface area contributed by atoms with Crippen molar-refractivity contribution < 1.29 is 0 Å². The van der Waals surface area contributed by atoms with Gasteiger partial charge in [-0.05, 0) is 37.2 Å². The van der Waals surface area contributed by atoms with E-state index in [0.717, 1.165) is 0 Å². The summed E-state index contributed by atoms with van der Waals surface area (Å²) in [5.74, 6) is 0. The van der Waals surface area contributed by atoms with Crippen LogP contribution in [0.4, 0.5) is 0 Å². The summed E-state index contributed by atoms with van der Waals surface area (Å²) < 4.78 is 0. The smallest absolute Gasteiger partial charge is 0.167 e. The maximum absolute atomic E-state index is 5.38. The van der Waals surface area contributed by atoms with Gasteiger partial charge in [0.25, 0.3) is 0 Å². The van der Waals surface area contributed by atoms with Gasteiger partial charge < -0.3 is 10.6 Å². The fraction of sp³-hybridized carbons (Fsp3) is 0.235. The van der Waals surface area contributed by atoms with Gasteiger partial charge in [0.05, 0.1) is 6.04 Å². The lowest BCUT2D eigenvalue weighted by atomic mass is 9.99. The van der Waals surface area contributed by atoms with E-state index in [1.807, 2.05) is 36.4 Å². The van der Waals surface area contributed by atoms with Crippen LogP contribution in [-0.2, 0) is 0 Å². The van der Waals surface area contributed by atoms with Gasteiger partial charge >= 0.3 is 0 Å². The van der Waals surface area contributed by atoms with E-state index in [-0.39, 0.29) is 6.04 Å². The number of thiocarbonyl (C=S) groups is 1. The molecule has 104 valence electrons. The van der Waals surface area contributed by atoms with Crippen LogP contribution in [0.1, 0.15) is 31.0 Å². The maximum Gasteiger partial charge on any atom is 0.167 e. The molecule has 0 amide bonds. The molecule has 0 saturated heterocycles. The predicted molar refractivity (Wildman–Crippen MR) is 88.7 cm³/mol. The fourth-order valence-electron chi connectivity index (χ4n) is 2.09. The minimum Gasteiger partial charge on any atom is -0.361 e. The van der Waals surface area contributed by atoms with Crippen molar-refractivity contribution in [2.75, 3.05) is 0 Å². The molecule has 3 heteroatoms. The van der Waals surface area contributed by atoms with Crippen LogP contribution in [0.3, 0.4) is 0 Å². The first-order valence-electron chi connectivity index (χ1n) is 6.83. The molecule has 2 N–H and O–H groups in total. The molecule has 0 aromatic heterocycles. The molecule has 2 aromatic rings. The Balaban J connectivity index is 2.24. The molecule has 0 heterocycles. The molecule has 2 aromatic carbocycles. The van der Waals surface area contributed by atoms with Crippen LogP contribution in [0, 0.1) is 0 Å². The third-order valence-corrected chi connectivity index (χ3v) is 3.20. The highest BCUT2D eigenvalue weighted by Crippen LogP contribution is 2.21. The van der Waals surface area contributed by atoms with Gasteiger partial charge in [0.15, 0.2) is 5.11 Å². The molecular formula is C17H20N2S. The van der Waals surface area contributed by atoms with Crippen LogP contribution in [0.25, 0.3) is 0 Å². The third kappa shape index (κ3) is 4.07. The molecule has 0 saturated carbocycles. The zero-order valence-electron chi connectivity index (χ0n) is 11.8. The average molecular weight is 284 g/mol. The van der Waals surface area contributed by atoms with Gasteiger partial charge in [-0.3, -0.25) is 0 Å². The number of rotatable bonds is 4. The quantitative estimate of drug-likeness (QED) is 0.838. The predicted octanol–water partition coefficient (Wildman–Crippen LogP) is 3.65. The first kappa shape index (κ1) is 14.5. The molecule has 0 bridgehead atoms. The Morgan fingerprint density at radius 1 is 0.800 bits per heavy atom. The van der Waals surface area contributed by atoms with Crippen LogP contribution in [0.15, 0.2) is 60.7 Å². The molecule has 0 atom stereocenters. The number of hydrogen-bond acceptors (Lipinski definition) is 1. The van der Waals surface area contributed by atoms with Gasteiger partial charge in [0.1, 0.15) is 0 Å². The molecule has 0 unspecified atom stereocenters. The second kappa shape index (κ2) is 7.06. The van der Waals surface area contributed by atoms with Crippen LogP contribution >= 0.6 is 12.2 Å². The molecule has 20 heavy (non-hydrogen) atoms. The summed E-state index contributed by atoms with van der Waals surface area (Å²) in [4.78, 5) is 0. The highest BCUT2D eigenvalue weighted by atomic mass is 32.1. The lowest BCUT2D eigenvalue weighted by Crippen LogP contribution is -2.41. The van der Waals surface area contributed by atoms with Gasteiger partial charge in [-0.25, -0.2) is 0 Å². The van der Waals surface area contributed by atoms with Gasteiger partial charge in [0.2, 0.25) is 0 Å². The summed E-state index contributed by atoms with van der Waals surface area (Å²) in [5.41, 5.74) is 2.40. The lowest BCUT2D eigenvalue weighted by molar-refractivity contribution is 0.683. The summed E-state index contributed by atoms with van der Waals surface area (Å²) in [6.07, 6.45) is 0. The second-order valence-electron chi connectivity index (χ2n) is 5.03. The summed E-state index contributed by atoms with van der Waals surface area (Å²) >= 11 is 5.38. The standard InChI is InChI=1S/C17H20N2S/c1-13(2)18-17(20)19-16(14-9-5-3-6-10-14)15-11-7-4-8-12-15/h3-13,16H,1-2H3,(H2,18,19,20). The van der Waals surface area contributed by atoms with E-state index < -0.39 is 0 Å². The Hall–Kier alpha value is -1.87. The number of nitrogens with one attached hydrogen (secondary N) is 2. The van der Waals surface area contributed by atoms with Crippen LogP contribution in [-0.4, -0.2) is 11.2 Å². The first-order valence-corrected chi connectivity index (χ1v) is 7.24. The Labute approximate surface area is 126 Å². The van der Waals surface area contributed by atoms with E-state index in [4.69, 9.17) is 12.2 Å². The van der Waals surface area contributed by atoms with Gasteiger partial charge in [-0.2, -0.15) is 0 Å². The van der Waals surface area contributed by atoms with E-state index in [2.05, 4.69) is 48.7 Å². The Bertz CT molecular complexity index is 498. The van der Waals surface area contributed by atoms with Crippen LogP contribution in [0.5, 0.6) is 0 Å². The van der Waals surface area contributed by atoms with Crippen molar-refractivity contribution in [1.29, 1.82) is 0 Å². The first-order chi connectivity index (χ1) is 9.66. The van der Waals surface area contributed by atoms with Crippen molar-refractivity contribution in [1.82, 2.24) is 10.6 Å². The highest BCUT2D eigenvalue weighted by Gasteiger charge is 2.14. The maximum atomic E-state index is 5.38. The molecule has 0 aliphatic carbocycles. The van der Waals surface area contributed by atoms with Gasteiger partial charge in [0, 0.05) is 6.04 Å². The molecular weight excluding hydrogens is 264 g/mol. The van der Waals surface area contributed by atoms with E-state index in [1.165, 1.54) is 11.1 Å². The third-order valence-electron chi connectivity index (χ3n) is 2.96. The highest BCUT2D eigenvalue weighted by molar-refractivity contribution is 7.80. The summed E-state index contributed by atoms with van der Waals surface area (Å²) in [7, 11) is 0. The number of benzene rings is 2. The zero-order chi connectivity index (χ0) is 14.4. The average Bonchev–Trinajstić information content (AvgIpc) is 2.46. The van der Waals surface area contributed by atoms with Crippen molar-refractivity contribution >= 4 is 17.3 Å². The van der Waals surface area contributed by atoms with Crippen molar-refractivity contribution in [2.45, 2.75) is 25.9 Å². The normalized spacial score (nSPS) is 10.6. The van der Waals surface area contributed by atoms with E-state index in [9.17, 15) is 0 Å². The summed E-state index contributed by atoms with van der Waals surface area (Å²) in [6.45, 7) is 4.15. The Morgan fingerprint density at radius 3 is 1.65 bits per heavy atom. The molecule has 0 radical (unpaired) electrons. The number of hydrogen-bond donors (Lipinski definition) is 2. The molecule has 0 aliphatic heterocycles. The van der Waals surface area contributed by atoms with Crippen LogP contribution in [0.2, 0.25) is 0 Å². The Kier molecular flexibility index (Phi) is 5.13. The largest absolute Gasteiger partial charge is 0.361 e. The van der Waals surface area contributed by atoms with Crippen molar-refractivity contribution in [2.24, 2.45) is 0 Å². The molecule has 2 rings (SSSR count). The minimum atomic E-state index is 0.0659. The fourth-order valence-corrected chi connectivity index (χ4v) is 2.44. The SMILES string of the molecule is CC(C)NC(=S)NC(c1ccccc1)c1ccccc1. The Morgan fingerprint density at radius 2 is 1.25 bits per heavy atom. The topological polar surface area (TPSA) is 24.1 Å². The summed E-state index contributed by atoms with van der Waals surface area (Å²) in [5, 5.41) is 7.31. The van der Waals surface area contributed by atoms with Crippen LogP contribution < -0.4 is 10.6 Å². The molecule has 0 aliphatic rings. The monoisotopic (exact) mass is 284 g/mol. The second-order valence-corrected chi connectivity index (χ2v) is 5.44. The molecule has 0 fully saturated rings. The van der Waals surface area contributed by atoms with Gasteiger partial charge in [-0.1, -0.05) is 60.7 Å². The molecule has 2 nitrogen and oxygen atoms in total. The van der Waals surface area contributed by atoms with Crippen molar-refractivity contribution in [3.05, 3.63) is 71.8 Å². The minimum absolute atomic E-state index is 0.0659. The van der Waals surface area contributed by atoms with Crippen molar-refractivity contribution in [3.8, 4) is 0 Å². The van der Waals surface area contributed by atoms with E-state index in [1.54, 1.807) is 0 Å².